The second kappa shape index (κ2) is 9.66. The first-order valence-electron chi connectivity index (χ1n) is 9.97. The number of primary amides is 1. The number of nitrogens with zero attached hydrogens (tertiary/aromatic N) is 2. The molecule has 9 heteroatoms. The minimum atomic E-state index is -0.551. The zero-order valence-electron chi connectivity index (χ0n) is 17.3. The maximum Gasteiger partial charge on any atom is 0.262 e. The third-order valence-corrected chi connectivity index (χ3v) is 5.84. The van der Waals surface area contributed by atoms with Gasteiger partial charge in [0, 0.05) is 11.3 Å². The molecule has 166 valence electrons. The number of carbonyl (C=O) groups is 2. The summed E-state index contributed by atoms with van der Waals surface area (Å²) in [6.45, 7) is 0.190. The molecule has 1 heterocycles. The van der Waals surface area contributed by atoms with Gasteiger partial charge in [-0.05, 0) is 54.1 Å². The molecule has 0 unspecified atom stereocenters. The zero-order chi connectivity index (χ0) is 23.4. The average molecular weight is 463 g/mol. The molecule has 0 atom stereocenters. The molecule has 0 aliphatic rings. The molecule has 4 aromatic rings. The van der Waals surface area contributed by atoms with Crippen LogP contribution in [0.1, 0.15) is 15.9 Å². The summed E-state index contributed by atoms with van der Waals surface area (Å²) >= 11 is 1.13. The van der Waals surface area contributed by atoms with Crippen LogP contribution in [0.2, 0.25) is 0 Å². The van der Waals surface area contributed by atoms with Gasteiger partial charge in [-0.2, -0.15) is 0 Å². The number of rotatable bonds is 7. The molecule has 0 bridgehead atoms. The van der Waals surface area contributed by atoms with E-state index in [2.05, 4.69) is 10.3 Å². The summed E-state index contributed by atoms with van der Waals surface area (Å²) in [4.78, 5) is 41.4. The fourth-order valence-electron chi connectivity index (χ4n) is 3.21. The maximum atomic E-state index is 13.3. The molecule has 4 rings (SSSR count). The highest BCUT2D eigenvalue weighted by Crippen LogP contribution is 2.20. The lowest BCUT2D eigenvalue weighted by atomic mass is 10.2. The van der Waals surface area contributed by atoms with Crippen LogP contribution in [0.4, 0.5) is 10.1 Å². The van der Waals surface area contributed by atoms with E-state index in [1.807, 2.05) is 0 Å². The Morgan fingerprint density at radius 3 is 2.39 bits per heavy atom. The van der Waals surface area contributed by atoms with E-state index in [0.717, 1.165) is 17.3 Å². The number of carbonyl (C=O) groups excluding carboxylic acids is 2. The van der Waals surface area contributed by atoms with Crippen molar-refractivity contribution in [1.29, 1.82) is 0 Å². The number of benzene rings is 3. The molecular weight excluding hydrogens is 443 g/mol. The summed E-state index contributed by atoms with van der Waals surface area (Å²) in [6, 6.07) is 19.1. The molecule has 0 saturated carbocycles. The van der Waals surface area contributed by atoms with Crippen molar-refractivity contribution in [3.05, 3.63) is 100 Å². The molecule has 0 radical (unpaired) electrons. The number of hydrogen-bond donors (Lipinski definition) is 2. The zero-order valence-corrected chi connectivity index (χ0v) is 18.1. The van der Waals surface area contributed by atoms with Crippen LogP contribution in [0.25, 0.3) is 10.9 Å². The van der Waals surface area contributed by atoms with E-state index in [-0.39, 0.29) is 29.6 Å². The Bertz CT molecular complexity index is 1390. The lowest BCUT2D eigenvalue weighted by molar-refractivity contribution is -0.113. The predicted molar refractivity (Wildman–Crippen MR) is 126 cm³/mol. The third kappa shape index (κ3) is 5.27. The Hall–Kier alpha value is -3.98. The summed E-state index contributed by atoms with van der Waals surface area (Å²) < 4.78 is 14.8. The quantitative estimate of drug-likeness (QED) is 0.323. The lowest BCUT2D eigenvalue weighted by Crippen LogP contribution is -2.25. The molecule has 0 aliphatic carbocycles. The highest BCUT2D eigenvalue weighted by molar-refractivity contribution is 7.99. The second-order valence-electron chi connectivity index (χ2n) is 7.21. The van der Waals surface area contributed by atoms with Crippen molar-refractivity contribution < 1.29 is 14.0 Å². The number of hydrogen-bond acceptors (Lipinski definition) is 5. The summed E-state index contributed by atoms with van der Waals surface area (Å²) in [7, 11) is 0. The average Bonchev–Trinajstić information content (AvgIpc) is 2.81. The number of halogens is 1. The standard InChI is InChI=1S/C24H19FN4O3S/c25-17-9-5-15(6-10-17)13-29-23(32)19-3-1-2-4-20(19)28-24(29)33-14-21(30)27-18-11-7-16(8-12-18)22(26)31/h1-12H,13-14H2,(H2,26,31)(H,27,30). The molecule has 0 spiro atoms. The van der Waals surface area contributed by atoms with Crippen molar-refractivity contribution in [2.24, 2.45) is 5.73 Å². The minimum absolute atomic E-state index is 0.00572. The van der Waals surface area contributed by atoms with Crippen molar-refractivity contribution in [2.75, 3.05) is 11.1 Å². The molecule has 2 amide bonds. The van der Waals surface area contributed by atoms with Crippen molar-refractivity contribution in [3.8, 4) is 0 Å². The molecule has 0 fully saturated rings. The molecule has 7 nitrogen and oxygen atoms in total. The second-order valence-corrected chi connectivity index (χ2v) is 8.15. The van der Waals surface area contributed by atoms with Gasteiger partial charge in [-0.1, -0.05) is 36.0 Å². The topological polar surface area (TPSA) is 107 Å². The molecule has 3 aromatic carbocycles. The van der Waals surface area contributed by atoms with Crippen LogP contribution < -0.4 is 16.6 Å². The highest BCUT2D eigenvalue weighted by Gasteiger charge is 2.14. The Morgan fingerprint density at radius 2 is 1.70 bits per heavy atom. The van der Waals surface area contributed by atoms with Crippen LogP contribution in [-0.2, 0) is 11.3 Å². The molecule has 0 aliphatic heterocycles. The first-order valence-corrected chi connectivity index (χ1v) is 11.0. The highest BCUT2D eigenvalue weighted by atomic mass is 32.2. The van der Waals surface area contributed by atoms with E-state index < -0.39 is 5.91 Å². The number of nitrogens with two attached hydrogens (primary N) is 1. The van der Waals surface area contributed by atoms with Crippen molar-refractivity contribution in [2.45, 2.75) is 11.7 Å². The number of para-hydroxylation sites is 1. The van der Waals surface area contributed by atoms with Crippen LogP contribution in [0, 0.1) is 5.82 Å². The van der Waals surface area contributed by atoms with Crippen LogP contribution in [-0.4, -0.2) is 27.1 Å². The Kier molecular flexibility index (Phi) is 6.50. The number of aromatic nitrogens is 2. The first kappa shape index (κ1) is 22.2. The SMILES string of the molecule is NC(=O)c1ccc(NC(=O)CSc2nc3ccccc3c(=O)n2Cc2ccc(F)cc2)cc1. The Balaban J connectivity index is 1.56. The number of amides is 2. The summed E-state index contributed by atoms with van der Waals surface area (Å²) in [5.74, 6) is -1.21. The predicted octanol–water partition coefficient (Wildman–Crippen LogP) is 3.41. The first-order chi connectivity index (χ1) is 15.9. The number of nitrogens with one attached hydrogen (secondary N) is 1. The maximum absolute atomic E-state index is 13.3. The normalized spacial score (nSPS) is 10.8. The molecular formula is C24H19FN4O3S. The van der Waals surface area contributed by atoms with Gasteiger partial charge in [-0.15, -0.1) is 0 Å². The molecule has 33 heavy (non-hydrogen) atoms. The summed E-state index contributed by atoms with van der Waals surface area (Å²) in [6.07, 6.45) is 0. The van der Waals surface area contributed by atoms with Gasteiger partial charge in [0.2, 0.25) is 11.8 Å². The van der Waals surface area contributed by atoms with E-state index in [1.165, 1.54) is 28.8 Å². The largest absolute Gasteiger partial charge is 0.366 e. The minimum Gasteiger partial charge on any atom is -0.366 e. The lowest BCUT2D eigenvalue weighted by Gasteiger charge is -2.13. The molecule has 3 N–H and O–H groups in total. The van der Waals surface area contributed by atoms with Crippen molar-refractivity contribution >= 4 is 40.2 Å². The third-order valence-electron chi connectivity index (χ3n) is 4.87. The summed E-state index contributed by atoms with van der Waals surface area (Å²) in [5, 5.41) is 3.57. The summed E-state index contributed by atoms with van der Waals surface area (Å²) in [5.41, 5.74) is 7.10. The van der Waals surface area contributed by atoms with Gasteiger partial charge < -0.3 is 11.1 Å². The van der Waals surface area contributed by atoms with Crippen LogP contribution in [0.15, 0.2) is 82.7 Å². The van der Waals surface area contributed by atoms with Gasteiger partial charge >= 0.3 is 0 Å². The van der Waals surface area contributed by atoms with Gasteiger partial charge in [0.05, 0.1) is 23.2 Å². The van der Waals surface area contributed by atoms with E-state index in [0.29, 0.717) is 27.3 Å². The van der Waals surface area contributed by atoms with E-state index in [4.69, 9.17) is 5.73 Å². The van der Waals surface area contributed by atoms with Gasteiger partial charge in [0.1, 0.15) is 5.82 Å². The van der Waals surface area contributed by atoms with Gasteiger partial charge in [0.15, 0.2) is 5.16 Å². The van der Waals surface area contributed by atoms with Gasteiger partial charge in [0.25, 0.3) is 5.56 Å². The number of thioether (sulfide) groups is 1. The number of fused-ring (bicyclic) bond motifs is 1. The molecule has 0 saturated heterocycles. The van der Waals surface area contributed by atoms with Crippen LogP contribution >= 0.6 is 11.8 Å². The monoisotopic (exact) mass is 462 g/mol. The van der Waals surface area contributed by atoms with Crippen LogP contribution in [0.3, 0.4) is 0 Å². The Labute approximate surface area is 192 Å². The van der Waals surface area contributed by atoms with Crippen molar-refractivity contribution in [1.82, 2.24) is 9.55 Å². The molecule has 1 aromatic heterocycles. The fraction of sp³-hybridized carbons (Fsp3) is 0.0833. The van der Waals surface area contributed by atoms with Crippen LogP contribution in [0.5, 0.6) is 0 Å². The van der Waals surface area contributed by atoms with E-state index >= 15 is 0 Å². The fourth-order valence-corrected chi connectivity index (χ4v) is 4.01. The van der Waals surface area contributed by atoms with Gasteiger partial charge in [-0.25, -0.2) is 9.37 Å². The van der Waals surface area contributed by atoms with E-state index in [1.54, 1.807) is 48.5 Å². The van der Waals surface area contributed by atoms with E-state index in [9.17, 15) is 18.8 Å². The van der Waals surface area contributed by atoms with Gasteiger partial charge in [-0.3, -0.25) is 19.0 Å². The van der Waals surface area contributed by atoms with Crippen molar-refractivity contribution in [3.63, 3.8) is 0 Å². The number of anilines is 1. The smallest absolute Gasteiger partial charge is 0.262 e. The Morgan fingerprint density at radius 1 is 1.00 bits per heavy atom.